The minimum Gasteiger partial charge on any atom is -0.507 e. The number of benzene rings is 2. The highest BCUT2D eigenvalue weighted by Crippen LogP contribution is 2.52. The molecule has 1 saturated heterocycles. The summed E-state index contributed by atoms with van der Waals surface area (Å²) in [4.78, 5) is 64.3. The molecule has 14 heteroatoms. The van der Waals surface area contributed by atoms with E-state index in [4.69, 9.17) is 14.2 Å². The van der Waals surface area contributed by atoms with Crippen LogP contribution in [0.25, 0.3) is 0 Å². The first-order valence-electron chi connectivity index (χ1n) is 14.2. The van der Waals surface area contributed by atoms with E-state index < -0.39 is 101 Å². The summed E-state index contributed by atoms with van der Waals surface area (Å²) in [6.45, 7) is 2.67. The van der Waals surface area contributed by atoms with Crippen LogP contribution in [0.5, 0.6) is 17.2 Å². The highest BCUT2D eigenvalue weighted by Gasteiger charge is 2.50. The number of aromatic hydroxyl groups is 2. The number of nitrogens with zero attached hydrogens (tertiary/aromatic N) is 1. The van der Waals surface area contributed by atoms with Crippen LogP contribution in [0.2, 0.25) is 0 Å². The fourth-order valence-corrected chi connectivity index (χ4v) is 6.45. The first-order chi connectivity index (χ1) is 21.3. The molecule has 1 fully saturated rings. The first-order valence-corrected chi connectivity index (χ1v) is 14.2. The van der Waals surface area contributed by atoms with Gasteiger partial charge in [0.25, 0.3) is 11.8 Å². The van der Waals surface area contributed by atoms with Crippen LogP contribution in [0, 0.1) is 0 Å². The van der Waals surface area contributed by atoms with Crippen LogP contribution in [0.4, 0.5) is 0 Å². The molecule has 0 bridgehead atoms. The average molecular weight is 623 g/mol. The third kappa shape index (κ3) is 4.73. The molecular weight excluding hydrogens is 592 g/mol. The number of hydrogen-bond acceptors (Lipinski definition) is 13. The molecule has 4 aliphatic rings. The monoisotopic (exact) mass is 622 g/mol. The topological polar surface area (TPSA) is 209 Å². The average Bonchev–Trinajstić information content (AvgIpc) is 3.31. The molecule has 6 rings (SSSR count). The van der Waals surface area contributed by atoms with Crippen LogP contribution >= 0.6 is 0 Å². The molecular formula is C31H30N2O12. The van der Waals surface area contributed by atoms with Crippen molar-refractivity contribution in [3.8, 4) is 17.2 Å². The van der Waals surface area contributed by atoms with Gasteiger partial charge in [0.1, 0.15) is 22.8 Å². The molecule has 14 nitrogen and oxygen atoms in total. The van der Waals surface area contributed by atoms with Gasteiger partial charge >= 0.3 is 0 Å². The van der Waals surface area contributed by atoms with E-state index in [-0.39, 0.29) is 34.4 Å². The molecule has 0 spiro atoms. The molecule has 45 heavy (non-hydrogen) atoms. The largest absolute Gasteiger partial charge is 0.507 e. The van der Waals surface area contributed by atoms with Crippen molar-refractivity contribution in [2.75, 3.05) is 7.11 Å². The van der Waals surface area contributed by atoms with E-state index in [2.05, 4.69) is 5.43 Å². The number of hydrogen-bond donors (Lipinski definition) is 5. The lowest BCUT2D eigenvalue weighted by Gasteiger charge is -2.43. The second-order valence-corrected chi connectivity index (χ2v) is 11.6. The second-order valence-electron chi connectivity index (χ2n) is 11.6. The van der Waals surface area contributed by atoms with Gasteiger partial charge in [-0.05, 0) is 19.9 Å². The Bertz CT molecular complexity index is 1700. The smallest absolute Gasteiger partial charge is 0.268 e. The molecule has 236 valence electrons. The predicted molar refractivity (Wildman–Crippen MR) is 150 cm³/mol. The molecule has 2 aromatic carbocycles. The standard InChI is InChI=1S/C31H30N2O12/c1-12-26(37)16(32-33-19(35)7-8-20(33)36)9-21(44-12)45-18-11-31(42,13(2)34)10-15-23(18)30(41)25-24(28(15)39)27(38)14-5-4-6-17(43-3)22(14)29(25)40/h4-8,12,16,18,21,26,32,37,39,41-42H,9-11H2,1-3H3/t12?,16?,18-,21?,26?,31-/m0/s1. The number of carbonyl (C=O) groups excluding carboxylic acids is 5. The number of phenolic OH excluding ortho intramolecular Hbond substituents is 2. The highest BCUT2D eigenvalue weighted by molar-refractivity contribution is 6.31. The van der Waals surface area contributed by atoms with Gasteiger partial charge in [0.2, 0.25) is 5.78 Å². The lowest BCUT2D eigenvalue weighted by Crippen LogP contribution is -2.59. The number of ether oxygens (including phenoxy) is 3. The Kier molecular flexibility index (Phi) is 7.37. The van der Waals surface area contributed by atoms with Crippen molar-refractivity contribution in [2.24, 2.45) is 0 Å². The summed E-state index contributed by atoms with van der Waals surface area (Å²) >= 11 is 0. The molecule has 4 unspecified atom stereocenters. The van der Waals surface area contributed by atoms with Crippen LogP contribution in [0.15, 0.2) is 30.4 Å². The third-order valence-corrected chi connectivity index (χ3v) is 8.86. The molecule has 0 aromatic heterocycles. The Labute approximate surface area is 255 Å². The maximum atomic E-state index is 13.8. The van der Waals surface area contributed by atoms with E-state index >= 15 is 0 Å². The van der Waals surface area contributed by atoms with Crippen LogP contribution in [0.1, 0.15) is 75.8 Å². The van der Waals surface area contributed by atoms with Gasteiger partial charge in [-0.15, -0.1) is 0 Å². The number of rotatable bonds is 6. The number of imide groups is 1. The maximum absolute atomic E-state index is 13.8. The van der Waals surface area contributed by atoms with Gasteiger partial charge in [-0.2, -0.15) is 0 Å². The van der Waals surface area contributed by atoms with E-state index in [0.29, 0.717) is 0 Å². The number of fused-ring (bicyclic) bond motifs is 3. The number of Topliss-reactive ketones (excluding diaryl/α,β-unsaturated/α-hetero) is 1. The Morgan fingerprint density at radius 3 is 2.36 bits per heavy atom. The summed E-state index contributed by atoms with van der Waals surface area (Å²) < 4.78 is 17.3. The van der Waals surface area contributed by atoms with Crippen molar-refractivity contribution in [1.82, 2.24) is 10.4 Å². The molecule has 2 aromatic rings. The quantitative estimate of drug-likeness (QED) is 0.188. The number of aliphatic hydroxyl groups is 2. The van der Waals surface area contributed by atoms with Gasteiger partial charge in [0.15, 0.2) is 17.9 Å². The van der Waals surface area contributed by atoms with Crippen molar-refractivity contribution in [3.63, 3.8) is 0 Å². The number of methoxy groups -OCH3 is 1. The summed E-state index contributed by atoms with van der Waals surface area (Å²) in [6.07, 6.45) is -3.60. The number of amides is 2. The summed E-state index contributed by atoms with van der Waals surface area (Å²) in [5.41, 5.74) is -0.828. The SMILES string of the molecule is COc1cccc2c1C(=O)c1c(O)c3c(c(O)c1C2=O)C[C@@](O)(C(C)=O)C[C@@H]3OC1CC(NN2C(=O)C=CC2=O)C(O)C(C)O1. The van der Waals surface area contributed by atoms with E-state index in [1.165, 1.54) is 32.2 Å². The third-order valence-electron chi connectivity index (χ3n) is 8.86. The van der Waals surface area contributed by atoms with Gasteiger partial charge < -0.3 is 34.6 Å². The van der Waals surface area contributed by atoms with Gasteiger partial charge in [0, 0.05) is 48.1 Å². The van der Waals surface area contributed by atoms with Crippen LogP contribution in [0.3, 0.4) is 0 Å². The molecule has 2 heterocycles. The maximum Gasteiger partial charge on any atom is 0.268 e. The van der Waals surface area contributed by atoms with Crippen molar-refractivity contribution >= 4 is 29.2 Å². The zero-order valence-electron chi connectivity index (χ0n) is 24.4. The summed E-state index contributed by atoms with van der Waals surface area (Å²) in [7, 11) is 1.32. The first kappa shape index (κ1) is 30.6. The zero-order chi connectivity index (χ0) is 32.5. The van der Waals surface area contributed by atoms with Crippen molar-refractivity contribution < 1.29 is 58.6 Å². The Balaban J connectivity index is 1.42. The van der Waals surface area contributed by atoms with Gasteiger partial charge in [-0.25, -0.2) is 10.4 Å². The number of ketones is 3. The number of phenols is 2. The summed E-state index contributed by atoms with van der Waals surface area (Å²) in [6, 6.07) is 3.42. The highest BCUT2D eigenvalue weighted by atomic mass is 16.7. The molecule has 2 aliphatic carbocycles. The summed E-state index contributed by atoms with van der Waals surface area (Å²) in [5.74, 6) is -4.80. The van der Waals surface area contributed by atoms with E-state index in [0.717, 1.165) is 24.1 Å². The molecule has 0 radical (unpaired) electrons. The number of nitrogens with one attached hydrogen (secondary N) is 1. The Hall–Kier alpha value is -4.47. The lowest BCUT2D eigenvalue weighted by molar-refractivity contribution is -0.252. The number of hydrazine groups is 1. The van der Waals surface area contributed by atoms with E-state index in [1.54, 1.807) is 0 Å². The van der Waals surface area contributed by atoms with E-state index in [1.807, 2.05) is 0 Å². The zero-order valence-corrected chi connectivity index (χ0v) is 24.4. The predicted octanol–water partition coefficient (Wildman–Crippen LogP) is 0.500. The summed E-state index contributed by atoms with van der Waals surface area (Å²) in [5, 5.41) is 46.0. The van der Waals surface area contributed by atoms with Crippen LogP contribution < -0.4 is 10.2 Å². The number of aliphatic hydroxyl groups excluding tert-OH is 1. The van der Waals surface area contributed by atoms with E-state index in [9.17, 15) is 44.4 Å². The molecule has 0 saturated carbocycles. The van der Waals surface area contributed by atoms with Gasteiger partial charge in [-0.1, -0.05) is 12.1 Å². The lowest BCUT2D eigenvalue weighted by atomic mass is 9.72. The van der Waals surface area contributed by atoms with Gasteiger partial charge in [0.05, 0.1) is 48.2 Å². The fourth-order valence-electron chi connectivity index (χ4n) is 6.45. The second kappa shape index (κ2) is 10.9. The number of carbonyl (C=O) groups is 5. The molecule has 2 aliphatic heterocycles. The molecule has 6 atom stereocenters. The molecule has 2 amide bonds. The molecule has 5 N–H and O–H groups in total. The minimum atomic E-state index is -2.10. The Morgan fingerprint density at radius 2 is 1.71 bits per heavy atom. The van der Waals surface area contributed by atoms with Crippen molar-refractivity contribution in [1.29, 1.82) is 0 Å². The normalized spacial score (nSPS) is 29.0. The fraction of sp³-hybridized carbons (Fsp3) is 0.387. The Morgan fingerprint density at radius 1 is 1.04 bits per heavy atom. The van der Waals surface area contributed by atoms with Crippen LogP contribution in [-0.2, 0) is 30.3 Å². The van der Waals surface area contributed by atoms with Gasteiger partial charge in [-0.3, -0.25) is 24.0 Å². The minimum absolute atomic E-state index is 0.0567. The van der Waals surface area contributed by atoms with Crippen LogP contribution in [-0.4, -0.2) is 91.8 Å². The van der Waals surface area contributed by atoms with Crippen molar-refractivity contribution in [2.45, 2.75) is 69.4 Å². The van der Waals surface area contributed by atoms with Crippen molar-refractivity contribution in [3.05, 3.63) is 63.7 Å².